The monoisotopic (exact) mass is 477 g/mol. The first-order chi connectivity index (χ1) is 15.6. The summed E-state index contributed by atoms with van der Waals surface area (Å²) in [5.74, 6) is -3.23. The molecular formula is C20H19N3O9S. The molecule has 1 aromatic rings. The molecule has 1 fully saturated rings. The van der Waals surface area contributed by atoms with Crippen molar-refractivity contribution in [2.45, 2.75) is 32.1 Å². The SMILES string of the molecule is CC(OC(=O)OCc1ccc([N+](=O)[O-])cc1)C1C(=O)N2C(C(=O)O)=C(S/C=C/C(N)=O)CC12. The largest absolute Gasteiger partial charge is 0.508 e. The third kappa shape index (κ3) is 5.14. The number of hydrogen-bond donors (Lipinski definition) is 2. The van der Waals surface area contributed by atoms with E-state index in [2.05, 4.69) is 0 Å². The molecule has 0 aromatic heterocycles. The van der Waals surface area contributed by atoms with Crippen LogP contribution < -0.4 is 5.73 Å². The number of nitrogens with two attached hydrogens (primary N) is 1. The molecule has 2 aliphatic heterocycles. The number of nitro benzene ring substituents is 1. The number of nitrogens with zero attached hydrogens (tertiary/aromatic N) is 2. The molecule has 12 nitrogen and oxygen atoms in total. The van der Waals surface area contributed by atoms with Gasteiger partial charge in [-0.25, -0.2) is 9.59 Å². The first-order valence-electron chi connectivity index (χ1n) is 9.59. The van der Waals surface area contributed by atoms with Gasteiger partial charge in [0.1, 0.15) is 18.4 Å². The van der Waals surface area contributed by atoms with Crippen LogP contribution in [0.5, 0.6) is 0 Å². The highest BCUT2D eigenvalue weighted by Crippen LogP contribution is 2.47. The van der Waals surface area contributed by atoms with Crippen molar-refractivity contribution in [3.8, 4) is 0 Å². The highest BCUT2D eigenvalue weighted by molar-refractivity contribution is 8.05. The number of rotatable bonds is 9. The number of benzene rings is 1. The molecule has 1 saturated heterocycles. The molecule has 174 valence electrons. The van der Waals surface area contributed by atoms with Crippen LogP contribution in [0.3, 0.4) is 0 Å². The van der Waals surface area contributed by atoms with Crippen LogP contribution in [0, 0.1) is 16.0 Å². The Bertz CT molecular complexity index is 1070. The molecule has 3 N–H and O–H groups in total. The Balaban J connectivity index is 1.57. The second-order valence-corrected chi connectivity index (χ2v) is 8.19. The van der Waals surface area contributed by atoms with Gasteiger partial charge in [0.05, 0.1) is 16.9 Å². The Hall–Kier alpha value is -3.87. The highest BCUT2D eigenvalue weighted by Gasteiger charge is 2.57. The molecule has 3 unspecified atom stereocenters. The molecular weight excluding hydrogens is 458 g/mol. The van der Waals surface area contributed by atoms with Crippen LogP contribution in [-0.2, 0) is 30.5 Å². The maximum atomic E-state index is 12.6. The molecule has 0 radical (unpaired) electrons. The summed E-state index contributed by atoms with van der Waals surface area (Å²) in [4.78, 5) is 58.8. The maximum Gasteiger partial charge on any atom is 0.508 e. The molecule has 0 spiro atoms. The fourth-order valence-electron chi connectivity index (χ4n) is 3.62. The first kappa shape index (κ1) is 23.8. The molecule has 3 rings (SSSR count). The van der Waals surface area contributed by atoms with E-state index in [4.69, 9.17) is 15.2 Å². The lowest BCUT2D eigenvalue weighted by Gasteiger charge is -2.45. The van der Waals surface area contributed by atoms with E-state index in [1.54, 1.807) is 0 Å². The van der Waals surface area contributed by atoms with Crippen molar-refractivity contribution < 1.29 is 38.7 Å². The number of thioether (sulfide) groups is 1. The van der Waals surface area contributed by atoms with Gasteiger partial charge >= 0.3 is 12.1 Å². The van der Waals surface area contributed by atoms with Gasteiger partial charge in [-0.2, -0.15) is 0 Å². The predicted octanol–water partition coefficient (Wildman–Crippen LogP) is 1.90. The van der Waals surface area contributed by atoms with Crippen LogP contribution in [0.1, 0.15) is 18.9 Å². The number of ether oxygens (including phenoxy) is 2. The number of β-lactam (4-membered cyclic amide) rings is 1. The summed E-state index contributed by atoms with van der Waals surface area (Å²) >= 11 is 0.983. The minimum absolute atomic E-state index is 0.100. The molecule has 2 amide bonds. The average Bonchev–Trinajstić information content (AvgIpc) is 3.06. The Morgan fingerprint density at radius 3 is 2.61 bits per heavy atom. The van der Waals surface area contributed by atoms with Gasteiger partial charge in [0.2, 0.25) is 11.8 Å². The van der Waals surface area contributed by atoms with Gasteiger partial charge in [0.15, 0.2) is 0 Å². The van der Waals surface area contributed by atoms with Crippen molar-refractivity contribution in [3.63, 3.8) is 0 Å². The Morgan fingerprint density at radius 2 is 2.03 bits per heavy atom. The number of fused-ring (bicyclic) bond motifs is 1. The zero-order valence-corrected chi connectivity index (χ0v) is 18.0. The second-order valence-electron chi connectivity index (χ2n) is 7.19. The molecule has 13 heteroatoms. The van der Waals surface area contributed by atoms with Crippen LogP contribution in [-0.4, -0.2) is 51.0 Å². The number of non-ortho nitro benzene ring substituents is 1. The van der Waals surface area contributed by atoms with Crippen molar-refractivity contribution in [2.75, 3.05) is 0 Å². The molecule has 33 heavy (non-hydrogen) atoms. The van der Waals surface area contributed by atoms with Crippen LogP contribution in [0.4, 0.5) is 10.5 Å². The summed E-state index contributed by atoms with van der Waals surface area (Å²) in [5, 5.41) is 21.5. The molecule has 3 atom stereocenters. The van der Waals surface area contributed by atoms with E-state index in [1.165, 1.54) is 36.6 Å². The third-order valence-corrected chi connectivity index (χ3v) is 6.02. The van der Waals surface area contributed by atoms with Gasteiger partial charge in [-0.1, -0.05) is 11.8 Å². The molecule has 0 bridgehead atoms. The summed E-state index contributed by atoms with van der Waals surface area (Å²) < 4.78 is 10.2. The smallest absolute Gasteiger partial charge is 0.477 e. The van der Waals surface area contributed by atoms with Crippen LogP contribution >= 0.6 is 11.8 Å². The van der Waals surface area contributed by atoms with Gasteiger partial charge in [-0.15, -0.1) is 0 Å². The third-order valence-electron chi connectivity index (χ3n) is 5.11. The fraction of sp³-hybridized carbons (Fsp3) is 0.300. The first-order valence-corrected chi connectivity index (χ1v) is 10.5. The number of carbonyl (C=O) groups is 4. The van der Waals surface area contributed by atoms with E-state index in [1.807, 2.05) is 0 Å². The number of nitro groups is 1. The van der Waals surface area contributed by atoms with Crippen LogP contribution in [0.2, 0.25) is 0 Å². The van der Waals surface area contributed by atoms with Gasteiger partial charge in [-0.3, -0.25) is 19.7 Å². The fourth-order valence-corrected chi connectivity index (χ4v) is 4.55. The lowest BCUT2D eigenvalue weighted by Crippen LogP contribution is -2.62. The lowest BCUT2D eigenvalue weighted by molar-refractivity contribution is -0.384. The Morgan fingerprint density at radius 1 is 1.36 bits per heavy atom. The lowest BCUT2D eigenvalue weighted by atomic mass is 9.83. The number of hydrogen-bond acceptors (Lipinski definition) is 9. The molecule has 0 aliphatic carbocycles. The topological polar surface area (TPSA) is 179 Å². The van der Waals surface area contributed by atoms with Crippen molar-refractivity contribution in [3.05, 3.63) is 62.0 Å². The minimum atomic E-state index is -1.28. The number of amides is 2. The number of carbonyl (C=O) groups excluding carboxylic acids is 3. The van der Waals surface area contributed by atoms with E-state index in [-0.39, 0.29) is 24.4 Å². The summed E-state index contributed by atoms with van der Waals surface area (Å²) in [6.07, 6.45) is -0.616. The van der Waals surface area contributed by atoms with E-state index in [0.29, 0.717) is 10.5 Å². The van der Waals surface area contributed by atoms with Crippen molar-refractivity contribution in [2.24, 2.45) is 11.7 Å². The quantitative estimate of drug-likeness (QED) is 0.175. The second kappa shape index (κ2) is 9.73. The molecule has 2 aliphatic rings. The van der Waals surface area contributed by atoms with Gasteiger partial charge in [-0.05, 0) is 30.0 Å². The van der Waals surface area contributed by atoms with Crippen molar-refractivity contribution in [1.82, 2.24) is 4.90 Å². The molecule has 0 saturated carbocycles. The normalized spacial score (nSPS) is 20.3. The van der Waals surface area contributed by atoms with Crippen molar-refractivity contribution in [1.29, 1.82) is 0 Å². The zero-order valence-electron chi connectivity index (χ0n) is 17.2. The molecule has 1 aromatic carbocycles. The maximum absolute atomic E-state index is 12.6. The molecule has 2 heterocycles. The Labute approximate surface area is 191 Å². The van der Waals surface area contributed by atoms with E-state index >= 15 is 0 Å². The minimum Gasteiger partial charge on any atom is -0.477 e. The van der Waals surface area contributed by atoms with Gasteiger partial charge in [0.25, 0.3) is 5.69 Å². The van der Waals surface area contributed by atoms with Crippen molar-refractivity contribution >= 4 is 41.4 Å². The highest BCUT2D eigenvalue weighted by atomic mass is 32.2. The van der Waals surface area contributed by atoms with Gasteiger partial charge < -0.3 is 25.2 Å². The number of carboxylic acid groups (broad SMARTS) is 1. The van der Waals surface area contributed by atoms with Crippen LogP contribution in [0.25, 0.3) is 0 Å². The summed E-state index contributed by atoms with van der Waals surface area (Å²) in [6.45, 7) is 1.32. The number of primary amides is 1. The summed E-state index contributed by atoms with van der Waals surface area (Å²) in [5.41, 5.74) is 5.26. The summed E-state index contributed by atoms with van der Waals surface area (Å²) in [6, 6.07) is 4.91. The van der Waals surface area contributed by atoms with E-state index < -0.39 is 46.9 Å². The van der Waals surface area contributed by atoms with E-state index in [9.17, 15) is 34.4 Å². The van der Waals surface area contributed by atoms with E-state index in [0.717, 1.165) is 22.7 Å². The Kier molecular flexibility index (Phi) is 7.01. The zero-order chi connectivity index (χ0) is 24.3. The van der Waals surface area contributed by atoms with Gasteiger partial charge in [0, 0.05) is 29.5 Å². The predicted molar refractivity (Wildman–Crippen MR) is 113 cm³/mol. The average molecular weight is 477 g/mol. The number of aliphatic carboxylic acids is 1. The standard InChI is InChI=1S/C20H19N3O9S/c1-10(32-20(28)31-9-11-2-4-12(5-3-11)23(29)30)16-13-8-14(33-7-6-15(21)24)17(19(26)27)22(13)18(16)25/h2-7,10,13,16H,8-9H2,1H3,(H2,21,24)(H,26,27)/b7-6+. The number of carboxylic acids is 1. The summed E-state index contributed by atoms with van der Waals surface area (Å²) in [7, 11) is 0. The van der Waals surface area contributed by atoms with Crippen LogP contribution in [0.15, 0.2) is 46.4 Å².